The van der Waals surface area contributed by atoms with E-state index in [9.17, 15) is 9.18 Å². The summed E-state index contributed by atoms with van der Waals surface area (Å²) >= 11 is 0. The van der Waals surface area contributed by atoms with E-state index in [1.54, 1.807) is 0 Å². The van der Waals surface area contributed by atoms with Gasteiger partial charge in [-0.05, 0) is 6.42 Å². The van der Waals surface area contributed by atoms with Gasteiger partial charge in [-0.2, -0.15) is 0 Å². The molecular weight excluding hydrogens is 157 g/mol. The molecule has 0 saturated carbocycles. The van der Waals surface area contributed by atoms with E-state index >= 15 is 0 Å². The molecule has 0 bridgehead atoms. The van der Waals surface area contributed by atoms with Crippen molar-refractivity contribution in [3.05, 3.63) is 0 Å². The van der Waals surface area contributed by atoms with Crippen molar-refractivity contribution in [1.29, 1.82) is 0 Å². The molecule has 10 heavy (non-hydrogen) atoms. The number of rotatable bonds is 2. The largest absolute Gasteiger partial charge is 0.302 e. The monoisotopic (exact) mass is 167 g/mol. The highest BCUT2D eigenvalue weighted by Gasteiger charge is 2.20. The SMILES string of the molecule is Cl.O=CCN1CCC(F)C1. The summed E-state index contributed by atoms with van der Waals surface area (Å²) in [5, 5.41) is 0. The van der Waals surface area contributed by atoms with Gasteiger partial charge in [0, 0.05) is 13.1 Å². The third-order valence-corrected chi connectivity index (χ3v) is 1.55. The fourth-order valence-corrected chi connectivity index (χ4v) is 1.06. The highest BCUT2D eigenvalue weighted by molar-refractivity contribution is 5.85. The summed E-state index contributed by atoms with van der Waals surface area (Å²) in [6, 6.07) is 0. The van der Waals surface area contributed by atoms with Gasteiger partial charge in [-0.1, -0.05) is 0 Å². The van der Waals surface area contributed by atoms with Crippen molar-refractivity contribution in [1.82, 2.24) is 4.90 Å². The minimum Gasteiger partial charge on any atom is -0.302 e. The van der Waals surface area contributed by atoms with Gasteiger partial charge in [-0.15, -0.1) is 12.4 Å². The molecule has 0 aromatic rings. The molecule has 1 unspecified atom stereocenters. The zero-order chi connectivity index (χ0) is 6.69. The molecule has 0 amide bonds. The molecule has 1 aliphatic heterocycles. The molecule has 0 aliphatic carbocycles. The minimum atomic E-state index is -0.704. The van der Waals surface area contributed by atoms with E-state index in [4.69, 9.17) is 0 Å². The fourth-order valence-electron chi connectivity index (χ4n) is 1.06. The van der Waals surface area contributed by atoms with Crippen LogP contribution in [0.1, 0.15) is 6.42 Å². The summed E-state index contributed by atoms with van der Waals surface area (Å²) in [7, 11) is 0. The van der Waals surface area contributed by atoms with E-state index in [0.717, 1.165) is 12.8 Å². The van der Waals surface area contributed by atoms with Gasteiger partial charge in [-0.3, -0.25) is 4.90 Å². The summed E-state index contributed by atoms with van der Waals surface area (Å²) in [6.45, 7) is 1.57. The van der Waals surface area contributed by atoms with Gasteiger partial charge in [0.1, 0.15) is 12.5 Å². The van der Waals surface area contributed by atoms with Crippen LogP contribution in [0, 0.1) is 0 Å². The molecule has 0 N–H and O–H groups in total. The molecule has 0 radical (unpaired) electrons. The van der Waals surface area contributed by atoms with Crippen molar-refractivity contribution in [2.24, 2.45) is 0 Å². The van der Waals surface area contributed by atoms with Gasteiger partial charge in [0.05, 0.1) is 6.54 Å². The molecule has 4 heteroatoms. The van der Waals surface area contributed by atoms with Crippen molar-refractivity contribution in [3.63, 3.8) is 0 Å². The first-order valence-electron chi connectivity index (χ1n) is 3.13. The van der Waals surface area contributed by atoms with Gasteiger partial charge < -0.3 is 4.79 Å². The summed E-state index contributed by atoms with van der Waals surface area (Å²) in [6.07, 6.45) is 0.705. The van der Waals surface area contributed by atoms with Crippen LogP contribution in [-0.2, 0) is 4.79 Å². The van der Waals surface area contributed by atoms with Crippen molar-refractivity contribution in [2.45, 2.75) is 12.6 Å². The van der Waals surface area contributed by atoms with Gasteiger partial charge in [-0.25, -0.2) is 4.39 Å². The lowest BCUT2D eigenvalue weighted by atomic mass is 10.3. The van der Waals surface area contributed by atoms with E-state index in [1.807, 2.05) is 4.90 Å². The first kappa shape index (κ1) is 9.85. The Morgan fingerprint density at radius 3 is 2.80 bits per heavy atom. The van der Waals surface area contributed by atoms with Crippen LogP contribution in [0.2, 0.25) is 0 Å². The Bertz CT molecular complexity index is 112. The van der Waals surface area contributed by atoms with Crippen LogP contribution in [0.25, 0.3) is 0 Å². The number of alkyl halides is 1. The minimum absolute atomic E-state index is 0. The molecule has 1 fully saturated rings. The Morgan fingerprint density at radius 1 is 1.70 bits per heavy atom. The van der Waals surface area contributed by atoms with Crippen molar-refractivity contribution >= 4 is 18.7 Å². The maximum Gasteiger partial charge on any atom is 0.133 e. The second kappa shape index (κ2) is 4.63. The molecule has 1 rings (SSSR count). The van der Waals surface area contributed by atoms with Crippen LogP contribution in [0.4, 0.5) is 4.39 Å². The van der Waals surface area contributed by atoms with Crippen LogP contribution in [0.5, 0.6) is 0 Å². The molecule has 1 atom stereocenters. The molecule has 1 heterocycles. The zero-order valence-corrected chi connectivity index (χ0v) is 6.44. The second-order valence-electron chi connectivity index (χ2n) is 2.31. The average molecular weight is 168 g/mol. The third-order valence-electron chi connectivity index (χ3n) is 1.55. The zero-order valence-electron chi connectivity index (χ0n) is 5.62. The lowest BCUT2D eigenvalue weighted by molar-refractivity contribution is -0.108. The molecule has 1 saturated heterocycles. The number of carbonyl (C=O) groups is 1. The number of carbonyl (C=O) groups excluding carboxylic acids is 1. The van der Waals surface area contributed by atoms with Crippen molar-refractivity contribution in [2.75, 3.05) is 19.6 Å². The Hall–Kier alpha value is -0.150. The van der Waals surface area contributed by atoms with E-state index in [0.29, 0.717) is 19.5 Å². The normalized spacial score (nSPS) is 25.9. The number of nitrogens with zero attached hydrogens (tertiary/aromatic N) is 1. The van der Waals surface area contributed by atoms with Crippen LogP contribution in [0.3, 0.4) is 0 Å². The van der Waals surface area contributed by atoms with Crippen molar-refractivity contribution < 1.29 is 9.18 Å². The Kier molecular flexibility index (Phi) is 4.56. The molecule has 0 spiro atoms. The highest BCUT2D eigenvalue weighted by atomic mass is 35.5. The highest BCUT2D eigenvalue weighted by Crippen LogP contribution is 2.10. The Morgan fingerprint density at radius 2 is 2.40 bits per heavy atom. The smallest absolute Gasteiger partial charge is 0.133 e. The van der Waals surface area contributed by atoms with E-state index in [1.165, 1.54) is 0 Å². The number of aldehydes is 1. The molecule has 1 aliphatic rings. The number of hydrogen-bond acceptors (Lipinski definition) is 2. The Labute approximate surface area is 65.8 Å². The van der Waals surface area contributed by atoms with Crippen LogP contribution < -0.4 is 0 Å². The van der Waals surface area contributed by atoms with Gasteiger partial charge in [0.15, 0.2) is 0 Å². The van der Waals surface area contributed by atoms with Crippen LogP contribution in [0.15, 0.2) is 0 Å². The summed E-state index contributed by atoms with van der Waals surface area (Å²) in [5.41, 5.74) is 0. The average Bonchev–Trinajstić information content (AvgIpc) is 2.17. The molecule has 0 aromatic carbocycles. The maximum absolute atomic E-state index is 12.3. The van der Waals surface area contributed by atoms with Crippen LogP contribution in [-0.4, -0.2) is 37.0 Å². The van der Waals surface area contributed by atoms with E-state index in [-0.39, 0.29) is 12.4 Å². The molecule has 0 aromatic heterocycles. The van der Waals surface area contributed by atoms with Crippen molar-refractivity contribution in [3.8, 4) is 0 Å². The van der Waals surface area contributed by atoms with Crippen LogP contribution >= 0.6 is 12.4 Å². The summed E-state index contributed by atoms with van der Waals surface area (Å²) < 4.78 is 12.3. The standard InChI is InChI=1S/C6H10FNO.ClH/c7-6-1-2-8(5-6)3-4-9;/h4,6H,1-3,5H2;1H. The number of likely N-dealkylation sites (tertiary alicyclic amines) is 1. The quantitative estimate of drug-likeness (QED) is 0.563. The number of halogens is 2. The maximum atomic E-state index is 12.3. The molecule has 2 nitrogen and oxygen atoms in total. The fraction of sp³-hybridized carbons (Fsp3) is 0.833. The third kappa shape index (κ3) is 2.62. The summed E-state index contributed by atoms with van der Waals surface area (Å²) in [4.78, 5) is 11.7. The first-order chi connectivity index (χ1) is 4.33. The van der Waals surface area contributed by atoms with Gasteiger partial charge in [0.25, 0.3) is 0 Å². The summed E-state index contributed by atoms with van der Waals surface area (Å²) in [5.74, 6) is 0. The topological polar surface area (TPSA) is 20.3 Å². The number of hydrogen-bond donors (Lipinski definition) is 0. The predicted octanol–water partition coefficient (Wildman–Crippen LogP) is 0.651. The molecular formula is C6H11ClFNO. The first-order valence-corrected chi connectivity index (χ1v) is 3.13. The lowest BCUT2D eigenvalue weighted by Gasteiger charge is -2.07. The lowest BCUT2D eigenvalue weighted by Crippen LogP contribution is -2.22. The van der Waals surface area contributed by atoms with Gasteiger partial charge >= 0.3 is 0 Å². The molecule has 60 valence electrons. The van der Waals surface area contributed by atoms with Gasteiger partial charge in [0.2, 0.25) is 0 Å². The van der Waals surface area contributed by atoms with E-state index in [2.05, 4.69) is 0 Å². The van der Waals surface area contributed by atoms with E-state index < -0.39 is 6.17 Å². The second-order valence-corrected chi connectivity index (χ2v) is 2.31. The Balaban J connectivity index is 0.000000810. The predicted molar refractivity (Wildman–Crippen MR) is 39.3 cm³/mol.